The van der Waals surface area contributed by atoms with Gasteiger partial charge in [0.25, 0.3) is 0 Å². The fourth-order valence-corrected chi connectivity index (χ4v) is 5.05. The van der Waals surface area contributed by atoms with Crippen LogP contribution in [0.4, 0.5) is 22.4 Å². The summed E-state index contributed by atoms with van der Waals surface area (Å²) in [6.07, 6.45) is -4.40. The van der Waals surface area contributed by atoms with Gasteiger partial charge in [0.15, 0.2) is 0 Å². The van der Waals surface area contributed by atoms with Gasteiger partial charge in [-0.25, -0.2) is 22.3 Å². The smallest absolute Gasteiger partial charge is 0.368 e. The van der Waals surface area contributed by atoms with E-state index < -0.39 is 50.5 Å². The van der Waals surface area contributed by atoms with E-state index in [9.17, 15) is 35.6 Å². The lowest BCUT2D eigenvalue weighted by atomic mass is 10.0. The van der Waals surface area contributed by atoms with Crippen LogP contribution in [0.1, 0.15) is 44.2 Å². The van der Waals surface area contributed by atoms with Gasteiger partial charge in [0, 0.05) is 19.6 Å². The number of carbonyl (C=O) groups excluding carboxylic acids is 2. The van der Waals surface area contributed by atoms with E-state index in [0.29, 0.717) is 18.6 Å². The molecule has 0 heterocycles. The van der Waals surface area contributed by atoms with Gasteiger partial charge in [-0.1, -0.05) is 44.2 Å². The van der Waals surface area contributed by atoms with Crippen LogP contribution in [-0.4, -0.2) is 44.4 Å². The highest BCUT2D eigenvalue weighted by Crippen LogP contribution is 2.34. The summed E-state index contributed by atoms with van der Waals surface area (Å²) in [5, 5.41) is 2.75. The van der Waals surface area contributed by atoms with E-state index in [1.165, 1.54) is 4.90 Å². The second kappa shape index (κ2) is 13.6. The summed E-state index contributed by atoms with van der Waals surface area (Å²) >= 11 is 0. The van der Waals surface area contributed by atoms with Crippen LogP contribution in [0.25, 0.3) is 0 Å². The topological polar surface area (TPSA) is 122 Å². The number of carbonyl (C=O) groups is 2. The molecule has 2 aromatic carbocycles. The number of primary amides is 1. The van der Waals surface area contributed by atoms with Gasteiger partial charge >= 0.3 is 12.2 Å². The molecule has 0 radical (unpaired) electrons. The van der Waals surface area contributed by atoms with Crippen LogP contribution in [-0.2, 0) is 27.5 Å². The van der Waals surface area contributed by atoms with Crippen molar-refractivity contribution >= 4 is 22.0 Å². The molecular weight excluding hydrogens is 528 g/mol. The van der Waals surface area contributed by atoms with E-state index >= 15 is 0 Å². The molecule has 2 aromatic rings. The van der Waals surface area contributed by atoms with E-state index in [1.807, 2.05) is 44.2 Å². The number of unbranched alkanes of at least 4 members (excludes halogenated alkanes) is 1. The van der Waals surface area contributed by atoms with Gasteiger partial charge in [-0.15, -0.1) is 0 Å². The Bertz CT molecular complexity index is 1190. The summed E-state index contributed by atoms with van der Waals surface area (Å²) in [7, 11) is -4.60. The molecule has 13 heteroatoms. The van der Waals surface area contributed by atoms with Gasteiger partial charge in [-0.05, 0) is 48.9 Å². The summed E-state index contributed by atoms with van der Waals surface area (Å²) in [5.41, 5.74) is 4.81. The predicted molar refractivity (Wildman–Crippen MR) is 134 cm³/mol. The molecule has 2 rings (SSSR count). The summed E-state index contributed by atoms with van der Waals surface area (Å²) < 4.78 is 80.1. The number of nitrogens with zero attached hydrogens (tertiary/aromatic N) is 1. The lowest BCUT2D eigenvalue weighted by Gasteiger charge is -2.31. The van der Waals surface area contributed by atoms with Crippen LogP contribution in [0.2, 0.25) is 0 Å². The minimum atomic E-state index is -5.07. The molecule has 0 aliphatic rings. The zero-order valence-electron chi connectivity index (χ0n) is 21.1. The molecule has 38 heavy (non-hydrogen) atoms. The quantitative estimate of drug-likeness (QED) is 0.253. The van der Waals surface area contributed by atoms with E-state index in [0.717, 1.165) is 5.56 Å². The van der Waals surface area contributed by atoms with Gasteiger partial charge in [0.2, 0.25) is 15.9 Å². The number of urea groups is 1. The maximum Gasteiger partial charge on any atom is 0.417 e. The first-order valence-electron chi connectivity index (χ1n) is 12.0. The molecule has 0 aromatic heterocycles. The summed E-state index contributed by atoms with van der Waals surface area (Å²) in [6, 6.07) is 8.98. The van der Waals surface area contributed by atoms with E-state index in [4.69, 9.17) is 5.73 Å². The predicted octanol–water partition coefficient (Wildman–Crippen LogP) is 4.01. The minimum Gasteiger partial charge on any atom is -0.368 e. The Kier molecular flexibility index (Phi) is 11.1. The number of sulfonamides is 1. The Morgan fingerprint density at radius 3 is 2.29 bits per heavy atom. The second-order valence-corrected chi connectivity index (χ2v) is 10.9. The zero-order valence-corrected chi connectivity index (χ0v) is 21.9. The Morgan fingerprint density at radius 2 is 1.71 bits per heavy atom. The number of nitrogens with one attached hydrogen (secondary N) is 2. The molecule has 3 amide bonds. The highest BCUT2D eigenvalue weighted by atomic mass is 32.2. The molecule has 4 N–H and O–H groups in total. The van der Waals surface area contributed by atoms with E-state index in [2.05, 4.69) is 10.0 Å². The van der Waals surface area contributed by atoms with Crippen LogP contribution in [0.3, 0.4) is 0 Å². The summed E-state index contributed by atoms with van der Waals surface area (Å²) in [5.74, 6) is -1.86. The Balaban J connectivity index is 2.05. The van der Waals surface area contributed by atoms with Gasteiger partial charge in [0.05, 0.1) is 10.5 Å². The van der Waals surface area contributed by atoms with Crippen molar-refractivity contribution in [1.82, 2.24) is 14.9 Å². The maximum atomic E-state index is 13.3. The number of amides is 3. The number of hydrogen-bond donors (Lipinski definition) is 3. The van der Waals surface area contributed by atoms with Crippen LogP contribution < -0.4 is 15.8 Å². The van der Waals surface area contributed by atoms with E-state index in [-0.39, 0.29) is 44.5 Å². The average molecular weight is 561 g/mol. The Labute approximate surface area is 219 Å². The third-order valence-electron chi connectivity index (χ3n) is 5.60. The first-order chi connectivity index (χ1) is 17.7. The van der Waals surface area contributed by atoms with Crippen molar-refractivity contribution in [3.63, 3.8) is 0 Å². The first-order valence-corrected chi connectivity index (χ1v) is 13.4. The third kappa shape index (κ3) is 9.28. The van der Waals surface area contributed by atoms with Gasteiger partial charge in [0.1, 0.15) is 11.9 Å². The fourth-order valence-electron chi connectivity index (χ4n) is 3.77. The van der Waals surface area contributed by atoms with E-state index in [1.54, 1.807) is 0 Å². The molecule has 8 nitrogen and oxygen atoms in total. The van der Waals surface area contributed by atoms with Crippen LogP contribution in [0.15, 0.2) is 53.4 Å². The van der Waals surface area contributed by atoms with Crippen LogP contribution in [0.5, 0.6) is 0 Å². The summed E-state index contributed by atoms with van der Waals surface area (Å²) in [4.78, 5) is 25.3. The lowest BCUT2D eigenvalue weighted by Crippen LogP contribution is -2.52. The number of halogens is 4. The molecular formula is C25H32F4N4O4S. The average Bonchev–Trinajstić information content (AvgIpc) is 2.83. The second-order valence-electron chi connectivity index (χ2n) is 9.13. The van der Waals surface area contributed by atoms with Gasteiger partial charge in [-0.2, -0.15) is 13.2 Å². The molecule has 210 valence electrons. The molecule has 0 aliphatic carbocycles. The van der Waals surface area contributed by atoms with Crippen molar-refractivity contribution in [3.8, 4) is 0 Å². The molecule has 1 atom stereocenters. The van der Waals surface area contributed by atoms with Crippen LogP contribution >= 0.6 is 0 Å². The number of rotatable bonds is 13. The summed E-state index contributed by atoms with van der Waals surface area (Å²) in [6.45, 7) is 3.75. The van der Waals surface area contributed by atoms with Gasteiger partial charge < -0.3 is 16.0 Å². The normalized spacial score (nSPS) is 12.8. The Morgan fingerprint density at radius 1 is 1.05 bits per heavy atom. The van der Waals surface area contributed by atoms with Gasteiger partial charge in [-0.3, -0.25) is 4.79 Å². The molecule has 0 saturated heterocycles. The number of alkyl halides is 3. The maximum absolute atomic E-state index is 13.3. The minimum absolute atomic E-state index is 0.0438. The SMILES string of the molecule is CC(C)C[C@@H](C(N)=O)N(CCCCNS(=O)(=O)c1ccc(F)cc1C(F)(F)F)C(=O)NCc1ccccc1. The van der Waals surface area contributed by atoms with Crippen molar-refractivity contribution in [2.45, 2.75) is 56.8 Å². The van der Waals surface area contributed by atoms with Crippen molar-refractivity contribution in [3.05, 3.63) is 65.5 Å². The third-order valence-corrected chi connectivity index (χ3v) is 7.12. The molecule has 0 unspecified atom stereocenters. The monoisotopic (exact) mass is 560 g/mol. The number of benzene rings is 2. The highest BCUT2D eigenvalue weighted by molar-refractivity contribution is 7.89. The van der Waals surface area contributed by atoms with Crippen molar-refractivity contribution < 1.29 is 35.6 Å². The van der Waals surface area contributed by atoms with Crippen molar-refractivity contribution in [2.75, 3.05) is 13.1 Å². The molecule has 0 fully saturated rings. The molecule has 0 aliphatic heterocycles. The van der Waals surface area contributed by atoms with Crippen molar-refractivity contribution in [1.29, 1.82) is 0 Å². The molecule has 0 bridgehead atoms. The number of hydrogen-bond acceptors (Lipinski definition) is 4. The largest absolute Gasteiger partial charge is 0.417 e. The van der Waals surface area contributed by atoms with Crippen molar-refractivity contribution in [2.24, 2.45) is 11.7 Å². The number of nitrogens with two attached hydrogens (primary N) is 1. The molecule has 0 saturated carbocycles. The Hall–Kier alpha value is -3.19. The van der Waals surface area contributed by atoms with Crippen LogP contribution in [0, 0.1) is 11.7 Å². The standard InChI is InChI=1S/C25H32F4N4O4S/c1-17(2)14-21(23(30)34)33(24(35)31-16-18-8-4-3-5-9-18)13-7-6-12-32-38(36,37)22-11-10-19(26)15-20(22)25(27,28)29/h3-5,8-11,15,17,21,32H,6-7,12-14,16H2,1-2H3,(H2,30,34)(H,31,35)/t21-/m0/s1. The molecule has 0 spiro atoms. The zero-order chi connectivity index (χ0) is 28.5. The fraction of sp³-hybridized carbons (Fsp3) is 0.440. The lowest BCUT2D eigenvalue weighted by molar-refractivity contribution is -0.140. The highest BCUT2D eigenvalue weighted by Gasteiger charge is 2.37. The first kappa shape index (κ1) is 31.0.